The summed E-state index contributed by atoms with van der Waals surface area (Å²) in [6.07, 6.45) is 0. The first-order valence-electron chi connectivity index (χ1n) is 7.39. The smallest absolute Gasteiger partial charge is 0.187 e. The number of carbonyl (C=O) groups is 1. The van der Waals surface area contributed by atoms with Crippen LogP contribution < -0.4 is 0 Å². The third kappa shape index (κ3) is 2.25. The van der Waals surface area contributed by atoms with Gasteiger partial charge < -0.3 is 0 Å². The summed E-state index contributed by atoms with van der Waals surface area (Å²) >= 11 is 0. The average Bonchev–Trinajstić information content (AvgIpc) is 2.89. The summed E-state index contributed by atoms with van der Waals surface area (Å²) in [4.78, 5) is 12.8. The van der Waals surface area contributed by atoms with Crippen molar-refractivity contribution in [1.82, 2.24) is 0 Å². The highest BCUT2D eigenvalue weighted by atomic mass is 32.2. The zero-order valence-electron chi connectivity index (χ0n) is 12.5. The van der Waals surface area contributed by atoms with Crippen molar-refractivity contribution in [2.75, 3.05) is 0 Å². The summed E-state index contributed by atoms with van der Waals surface area (Å²) < 4.78 is 15.7. The molecule has 0 fully saturated rings. The fourth-order valence-electron chi connectivity index (χ4n) is 2.95. The van der Waals surface area contributed by atoms with Gasteiger partial charge in [-0.15, -0.1) is 0 Å². The summed E-state index contributed by atoms with van der Waals surface area (Å²) in [5.74, 6) is -0.157. The maximum atomic E-state index is 13.3. The van der Waals surface area contributed by atoms with E-state index < -0.39 is 0 Å². The van der Waals surface area contributed by atoms with Crippen molar-refractivity contribution >= 4 is 36.4 Å². The molecule has 112 valence electrons. The number of thiophene rings is 1. The molecule has 3 aromatic carbocycles. The largest absolute Gasteiger partial charge is 0.295 e. The van der Waals surface area contributed by atoms with Gasteiger partial charge in [0.05, 0.1) is 0 Å². The molecule has 1 unspecified atom stereocenters. The van der Waals surface area contributed by atoms with Crippen LogP contribution >= 0.6 is 10.5 Å². The monoisotopic (exact) mass is 321 g/mol. The van der Waals surface area contributed by atoms with Gasteiger partial charge in [0.1, 0.15) is 5.82 Å². The third-order valence-electron chi connectivity index (χ3n) is 4.05. The predicted octanol–water partition coefficient (Wildman–Crippen LogP) is 6.07. The molecule has 0 aliphatic heterocycles. The van der Waals surface area contributed by atoms with Crippen LogP contribution in [0.5, 0.6) is 0 Å². The van der Waals surface area contributed by atoms with Gasteiger partial charge in [-0.3, -0.25) is 4.79 Å². The Hall–Kier alpha value is -2.52. The number of Topliss-reactive ketones (excluding diaryl/α,β-unsaturated/α-hetero) is 1. The van der Waals surface area contributed by atoms with Crippen LogP contribution in [0.3, 0.4) is 0 Å². The van der Waals surface area contributed by atoms with E-state index in [0.717, 1.165) is 15.8 Å². The molecule has 0 spiro atoms. The van der Waals surface area contributed by atoms with Gasteiger partial charge in [0.2, 0.25) is 0 Å². The van der Waals surface area contributed by atoms with Gasteiger partial charge in [0.15, 0.2) is 20.1 Å². The Morgan fingerprint density at radius 1 is 0.870 bits per heavy atom. The van der Waals surface area contributed by atoms with Crippen LogP contribution in [-0.4, -0.2) is 5.78 Å². The molecule has 23 heavy (non-hydrogen) atoms. The Balaban J connectivity index is 2.13. The lowest BCUT2D eigenvalue weighted by Crippen LogP contribution is -1.89. The number of ketones is 1. The zero-order valence-corrected chi connectivity index (χ0v) is 13.4. The highest BCUT2D eigenvalue weighted by molar-refractivity contribution is 7.50. The van der Waals surface area contributed by atoms with Crippen LogP contribution in [0.1, 0.15) is 17.3 Å². The lowest BCUT2D eigenvalue weighted by atomic mass is 10.1. The Labute approximate surface area is 136 Å². The molecule has 0 aliphatic carbocycles. The van der Waals surface area contributed by atoms with Crippen LogP contribution in [0, 0.1) is 5.82 Å². The molecule has 0 saturated heterocycles. The minimum Gasteiger partial charge on any atom is -0.295 e. The first-order valence-corrected chi connectivity index (χ1v) is 8.62. The van der Waals surface area contributed by atoms with Gasteiger partial charge in [0.25, 0.3) is 0 Å². The Kier molecular flexibility index (Phi) is 3.24. The van der Waals surface area contributed by atoms with Crippen molar-refractivity contribution in [3.05, 3.63) is 78.1 Å². The molecular weight excluding hydrogens is 307 g/mol. The van der Waals surface area contributed by atoms with Crippen molar-refractivity contribution in [3.63, 3.8) is 0 Å². The maximum absolute atomic E-state index is 13.3. The van der Waals surface area contributed by atoms with Gasteiger partial charge >= 0.3 is 0 Å². The van der Waals surface area contributed by atoms with Crippen LogP contribution in [0.2, 0.25) is 0 Å². The fraction of sp³-hybridized carbons (Fsp3) is 0.0500. The molecular formula is C20H14FOS+. The number of hydrogen-bond acceptors (Lipinski definition) is 1. The molecule has 0 radical (unpaired) electrons. The summed E-state index contributed by atoms with van der Waals surface area (Å²) in [6.45, 7) is 1.59. The van der Waals surface area contributed by atoms with E-state index in [1.54, 1.807) is 6.92 Å². The van der Waals surface area contributed by atoms with Gasteiger partial charge in [0, 0.05) is 38.9 Å². The Morgan fingerprint density at radius 3 is 2.30 bits per heavy atom. The van der Waals surface area contributed by atoms with Crippen LogP contribution in [0.25, 0.3) is 25.1 Å². The lowest BCUT2D eigenvalue weighted by molar-refractivity contribution is 0.101. The quantitative estimate of drug-likeness (QED) is 0.323. The minimum atomic E-state index is -0.248. The number of fused-ring (bicyclic) bond motifs is 3. The predicted molar refractivity (Wildman–Crippen MR) is 95.2 cm³/mol. The Bertz CT molecular complexity index is 1040. The lowest BCUT2D eigenvalue weighted by Gasteiger charge is -1.95. The van der Waals surface area contributed by atoms with E-state index in [1.807, 2.05) is 42.5 Å². The second kappa shape index (κ2) is 5.28. The van der Waals surface area contributed by atoms with E-state index in [4.69, 9.17) is 0 Å². The topological polar surface area (TPSA) is 17.1 Å². The van der Waals surface area contributed by atoms with Gasteiger partial charge in [-0.2, -0.15) is 0 Å². The van der Waals surface area contributed by atoms with Crippen molar-refractivity contribution in [2.24, 2.45) is 0 Å². The molecule has 0 aliphatic rings. The maximum Gasteiger partial charge on any atom is 0.187 e. The SMILES string of the molecule is CC(=O)c1ccc2c(c1)c1ccccc1[s+]2-c1ccc(F)cc1. The number of halogens is 1. The second-order valence-electron chi connectivity index (χ2n) is 5.52. The second-order valence-corrected chi connectivity index (χ2v) is 7.49. The van der Waals surface area contributed by atoms with E-state index in [1.165, 1.54) is 26.9 Å². The van der Waals surface area contributed by atoms with Gasteiger partial charge in [-0.25, -0.2) is 4.39 Å². The average molecular weight is 321 g/mol. The van der Waals surface area contributed by atoms with E-state index in [2.05, 4.69) is 12.1 Å². The summed E-state index contributed by atoms with van der Waals surface area (Å²) in [5, 5.41) is 2.28. The summed E-state index contributed by atoms with van der Waals surface area (Å²) in [7, 11) is -0.248. The number of carbonyl (C=O) groups excluding carboxylic acids is 1. The molecule has 1 nitrogen and oxygen atoms in total. The highest BCUT2D eigenvalue weighted by Gasteiger charge is 2.23. The van der Waals surface area contributed by atoms with Crippen LogP contribution in [0.15, 0.2) is 66.7 Å². The summed E-state index contributed by atoms with van der Waals surface area (Å²) in [5.41, 5.74) is 0.725. The van der Waals surface area contributed by atoms with Gasteiger partial charge in [-0.1, -0.05) is 12.1 Å². The standard InChI is InChI=1S/C20H14FOS/c1-13(22)14-6-11-20-18(12-14)17-4-2-3-5-19(17)23(20)16-9-7-15(21)8-10-16/h2-12H,1H3/q+1. The molecule has 1 aromatic heterocycles. The molecule has 0 bridgehead atoms. The van der Waals surface area contributed by atoms with Crippen molar-refractivity contribution in [2.45, 2.75) is 6.92 Å². The van der Waals surface area contributed by atoms with Crippen molar-refractivity contribution < 1.29 is 9.18 Å². The first-order chi connectivity index (χ1) is 11.1. The van der Waals surface area contributed by atoms with E-state index in [-0.39, 0.29) is 22.1 Å². The van der Waals surface area contributed by atoms with Gasteiger partial charge in [-0.05, 0) is 49.4 Å². The third-order valence-corrected chi connectivity index (χ3v) is 6.39. The summed E-state index contributed by atoms with van der Waals surface area (Å²) in [6, 6.07) is 20.9. The van der Waals surface area contributed by atoms with E-state index >= 15 is 0 Å². The van der Waals surface area contributed by atoms with E-state index in [0.29, 0.717) is 0 Å². The normalized spacial score (nSPS) is 12.0. The molecule has 0 amide bonds. The fourth-order valence-corrected chi connectivity index (χ4v) is 5.31. The molecule has 3 heteroatoms. The number of hydrogen-bond donors (Lipinski definition) is 0. The minimum absolute atomic E-state index is 0.0684. The zero-order chi connectivity index (χ0) is 16.0. The van der Waals surface area contributed by atoms with Crippen molar-refractivity contribution in [3.8, 4) is 4.90 Å². The molecule has 1 atom stereocenters. The van der Waals surface area contributed by atoms with E-state index in [9.17, 15) is 9.18 Å². The van der Waals surface area contributed by atoms with Crippen LogP contribution in [0.4, 0.5) is 4.39 Å². The molecule has 4 aromatic rings. The number of rotatable bonds is 2. The highest BCUT2D eigenvalue weighted by Crippen LogP contribution is 2.48. The molecule has 4 rings (SSSR count). The van der Waals surface area contributed by atoms with Crippen LogP contribution in [-0.2, 0) is 0 Å². The molecule has 0 N–H and O–H groups in total. The van der Waals surface area contributed by atoms with Crippen molar-refractivity contribution in [1.29, 1.82) is 0 Å². The first kappa shape index (κ1) is 14.1. The Morgan fingerprint density at radius 2 is 1.57 bits per heavy atom. The molecule has 0 saturated carbocycles. The number of benzene rings is 3. The molecule has 1 heterocycles.